The molecule has 0 N–H and O–H groups in total. The molecule has 0 atom stereocenters. The van der Waals surface area contributed by atoms with Crippen molar-refractivity contribution < 1.29 is 0 Å². The third kappa shape index (κ3) is 2.69. The van der Waals surface area contributed by atoms with Crippen molar-refractivity contribution in [3.05, 3.63) is 29.6 Å². The molecule has 3 heteroatoms. The summed E-state index contributed by atoms with van der Waals surface area (Å²) in [6, 6.07) is 6.96. The molecule has 0 aliphatic carbocycles. The summed E-state index contributed by atoms with van der Waals surface area (Å²) in [5, 5.41) is 0. The van der Waals surface area contributed by atoms with Crippen molar-refractivity contribution >= 4 is 22.6 Å². The lowest BCUT2D eigenvalue weighted by molar-refractivity contribution is 0.574. The molecule has 0 spiro atoms. The standard InChI is InChI=1S/C15H21ClN2/c1-11(2)18-14-8-7-12(3)10-13(14)17-15(18)6-4-5-9-16/h7-8,10-11H,4-6,9H2,1-3H3. The van der Waals surface area contributed by atoms with Crippen LogP contribution in [0.2, 0.25) is 0 Å². The summed E-state index contributed by atoms with van der Waals surface area (Å²) < 4.78 is 2.35. The fourth-order valence-corrected chi connectivity index (χ4v) is 2.58. The van der Waals surface area contributed by atoms with Crippen LogP contribution in [0, 0.1) is 6.92 Å². The van der Waals surface area contributed by atoms with Gasteiger partial charge in [-0.25, -0.2) is 4.98 Å². The maximum Gasteiger partial charge on any atom is 0.110 e. The number of fused-ring (bicyclic) bond motifs is 1. The molecule has 0 saturated heterocycles. The Morgan fingerprint density at radius 2 is 2.06 bits per heavy atom. The van der Waals surface area contributed by atoms with Crippen LogP contribution in [0.4, 0.5) is 0 Å². The number of benzene rings is 1. The van der Waals surface area contributed by atoms with Gasteiger partial charge in [-0.3, -0.25) is 0 Å². The lowest BCUT2D eigenvalue weighted by atomic mass is 10.2. The van der Waals surface area contributed by atoms with Gasteiger partial charge < -0.3 is 4.57 Å². The number of halogens is 1. The smallest absolute Gasteiger partial charge is 0.110 e. The van der Waals surface area contributed by atoms with Gasteiger partial charge in [-0.05, 0) is 51.3 Å². The van der Waals surface area contributed by atoms with E-state index in [2.05, 4.69) is 43.5 Å². The minimum absolute atomic E-state index is 0.448. The first-order valence-electron chi connectivity index (χ1n) is 6.67. The van der Waals surface area contributed by atoms with Crippen molar-refractivity contribution in [3.63, 3.8) is 0 Å². The van der Waals surface area contributed by atoms with Crippen LogP contribution in [-0.4, -0.2) is 15.4 Å². The Kier molecular flexibility index (Phi) is 4.28. The number of aromatic nitrogens is 2. The van der Waals surface area contributed by atoms with E-state index in [1.54, 1.807) is 0 Å². The molecule has 18 heavy (non-hydrogen) atoms. The monoisotopic (exact) mass is 264 g/mol. The number of nitrogens with zero attached hydrogens (tertiary/aromatic N) is 2. The second-order valence-corrected chi connectivity index (χ2v) is 5.51. The molecule has 1 aromatic carbocycles. The Hall–Kier alpha value is -1.02. The zero-order valence-electron chi connectivity index (χ0n) is 11.4. The van der Waals surface area contributed by atoms with E-state index in [1.165, 1.54) is 16.9 Å². The first kappa shape index (κ1) is 13.4. The van der Waals surface area contributed by atoms with E-state index in [-0.39, 0.29) is 0 Å². The molecule has 0 saturated carbocycles. The zero-order valence-corrected chi connectivity index (χ0v) is 12.2. The molecule has 2 aromatic rings. The average Bonchev–Trinajstić information content (AvgIpc) is 2.66. The number of aryl methyl sites for hydroxylation is 2. The first-order valence-corrected chi connectivity index (χ1v) is 7.20. The Morgan fingerprint density at radius 1 is 1.28 bits per heavy atom. The number of hydrogen-bond donors (Lipinski definition) is 0. The lowest BCUT2D eigenvalue weighted by Crippen LogP contribution is -2.06. The average molecular weight is 265 g/mol. The van der Waals surface area contributed by atoms with E-state index >= 15 is 0 Å². The number of unbranched alkanes of at least 4 members (excludes halogenated alkanes) is 1. The number of hydrogen-bond acceptors (Lipinski definition) is 1. The van der Waals surface area contributed by atoms with Crippen molar-refractivity contribution in [3.8, 4) is 0 Å². The molecule has 0 aliphatic rings. The van der Waals surface area contributed by atoms with Crippen molar-refractivity contribution in [1.82, 2.24) is 9.55 Å². The number of rotatable bonds is 5. The van der Waals surface area contributed by atoms with Crippen molar-refractivity contribution in [2.75, 3.05) is 5.88 Å². The van der Waals surface area contributed by atoms with E-state index in [9.17, 15) is 0 Å². The molecule has 98 valence electrons. The van der Waals surface area contributed by atoms with Gasteiger partial charge in [-0.2, -0.15) is 0 Å². The van der Waals surface area contributed by atoms with Gasteiger partial charge >= 0.3 is 0 Å². The minimum Gasteiger partial charge on any atom is -0.325 e. The maximum atomic E-state index is 5.74. The molecule has 0 amide bonds. The summed E-state index contributed by atoms with van der Waals surface area (Å²) in [4.78, 5) is 4.79. The molecule has 2 rings (SSSR count). The van der Waals surface area contributed by atoms with Crippen LogP contribution >= 0.6 is 11.6 Å². The van der Waals surface area contributed by atoms with Crippen LogP contribution in [0.1, 0.15) is 44.1 Å². The second kappa shape index (κ2) is 5.75. The lowest BCUT2D eigenvalue weighted by Gasteiger charge is -2.12. The van der Waals surface area contributed by atoms with E-state index in [4.69, 9.17) is 16.6 Å². The van der Waals surface area contributed by atoms with Crippen LogP contribution < -0.4 is 0 Å². The fourth-order valence-electron chi connectivity index (χ4n) is 2.39. The van der Waals surface area contributed by atoms with Crippen molar-refractivity contribution in [2.45, 2.75) is 46.1 Å². The topological polar surface area (TPSA) is 17.8 Å². The van der Waals surface area contributed by atoms with Gasteiger partial charge in [0.2, 0.25) is 0 Å². The molecule has 1 aromatic heterocycles. The van der Waals surface area contributed by atoms with Crippen LogP contribution in [0.5, 0.6) is 0 Å². The summed E-state index contributed by atoms with van der Waals surface area (Å²) >= 11 is 5.74. The Labute approximate surface area is 114 Å². The van der Waals surface area contributed by atoms with Crippen LogP contribution in [0.3, 0.4) is 0 Å². The molecule has 1 heterocycles. The van der Waals surface area contributed by atoms with Gasteiger partial charge in [-0.15, -0.1) is 11.6 Å². The normalized spacial score (nSPS) is 11.6. The SMILES string of the molecule is Cc1ccc2c(c1)nc(CCCCCl)n2C(C)C. The summed E-state index contributed by atoms with van der Waals surface area (Å²) in [6.45, 7) is 6.54. The highest BCUT2D eigenvalue weighted by Crippen LogP contribution is 2.23. The minimum atomic E-state index is 0.448. The largest absolute Gasteiger partial charge is 0.325 e. The van der Waals surface area contributed by atoms with Crippen molar-refractivity contribution in [2.24, 2.45) is 0 Å². The van der Waals surface area contributed by atoms with E-state index in [0.29, 0.717) is 6.04 Å². The predicted octanol–water partition coefficient (Wildman–Crippen LogP) is 4.49. The van der Waals surface area contributed by atoms with E-state index in [1.807, 2.05) is 0 Å². The highest BCUT2D eigenvalue weighted by atomic mass is 35.5. The van der Waals surface area contributed by atoms with Crippen LogP contribution in [0.15, 0.2) is 18.2 Å². The highest BCUT2D eigenvalue weighted by molar-refractivity contribution is 6.17. The number of imidazole rings is 1. The Balaban J connectivity index is 2.41. The van der Waals surface area contributed by atoms with E-state index < -0.39 is 0 Å². The molecule has 0 unspecified atom stereocenters. The molecule has 2 nitrogen and oxygen atoms in total. The maximum absolute atomic E-state index is 5.74. The Bertz CT molecular complexity index is 529. The van der Waals surface area contributed by atoms with Gasteiger partial charge in [0.1, 0.15) is 5.82 Å². The Morgan fingerprint density at radius 3 is 2.72 bits per heavy atom. The summed E-state index contributed by atoms with van der Waals surface area (Å²) in [7, 11) is 0. The van der Waals surface area contributed by atoms with Gasteiger partial charge in [0.25, 0.3) is 0 Å². The molecule has 0 aliphatic heterocycles. The van der Waals surface area contributed by atoms with Gasteiger partial charge in [0.05, 0.1) is 11.0 Å². The van der Waals surface area contributed by atoms with Crippen LogP contribution in [-0.2, 0) is 6.42 Å². The highest BCUT2D eigenvalue weighted by Gasteiger charge is 2.12. The summed E-state index contributed by atoms with van der Waals surface area (Å²) in [5.41, 5.74) is 3.63. The number of alkyl halides is 1. The fraction of sp³-hybridized carbons (Fsp3) is 0.533. The third-order valence-electron chi connectivity index (χ3n) is 3.22. The van der Waals surface area contributed by atoms with E-state index in [0.717, 1.165) is 30.7 Å². The molecule has 0 bridgehead atoms. The van der Waals surface area contributed by atoms with Gasteiger partial charge in [-0.1, -0.05) is 6.07 Å². The predicted molar refractivity (Wildman–Crippen MR) is 78.5 cm³/mol. The molecular weight excluding hydrogens is 244 g/mol. The van der Waals surface area contributed by atoms with Crippen molar-refractivity contribution in [1.29, 1.82) is 0 Å². The molecule has 0 radical (unpaired) electrons. The van der Waals surface area contributed by atoms with Gasteiger partial charge in [0.15, 0.2) is 0 Å². The van der Waals surface area contributed by atoms with Gasteiger partial charge in [0, 0.05) is 18.3 Å². The van der Waals surface area contributed by atoms with Crippen LogP contribution in [0.25, 0.3) is 11.0 Å². The summed E-state index contributed by atoms with van der Waals surface area (Å²) in [6.07, 6.45) is 3.18. The molecule has 0 fully saturated rings. The summed E-state index contributed by atoms with van der Waals surface area (Å²) in [5.74, 6) is 1.93. The first-order chi connectivity index (χ1) is 8.63. The quantitative estimate of drug-likeness (QED) is 0.575. The third-order valence-corrected chi connectivity index (χ3v) is 3.49. The zero-order chi connectivity index (χ0) is 13.1. The second-order valence-electron chi connectivity index (χ2n) is 5.13. The molecular formula is C15H21ClN2.